The molecule has 1 aliphatic heterocycles. The number of carbonyl (C=O) groups is 1. The van der Waals surface area contributed by atoms with Gasteiger partial charge in [-0.25, -0.2) is 4.98 Å². The van der Waals surface area contributed by atoms with E-state index < -0.39 is 0 Å². The van der Waals surface area contributed by atoms with Crippen LogP contribution in [0, 0.1) is 6.92 Å². The number of aryl methyl sites for hydroxylation is 1. The number of ether oxygens (including phenoxy) is 1. The van der Waals surface area contributed by atoms with Crippen molar-refractivity contribution in [1.82, 2.24) is 14.8 Å². The number of hydrogen-bond donors (Lipinski definition) is 0. The van der Waals surface area contributed by atoms with Gasteiger partial charge in [0, 0.05) is 24.0 Å². The molecule has 2 heterocycles. The highest BCUT2D eigenvalue weighted by Crippen LogP contribution is 2.26. The normalized spacial score (nSPS) is 17.2. The molecule has 170 valence electrons. The van der Waals surface area contributed by atoms with Crippen LogP contribution in [0.2, 0.25) is 0 Å². The monoisotopic (exact) mass is 451 g/mol. The number of likely N-dealkylation sites (N-methyl/N-ethyl adjacent to an activating group) is 1. The number of thiazole rings is 1. The summed E-state index contributed by atoms with van der Waals surface area (Å²) in [7, 11) is 2.13. The van der Waals surface area contributed by atoms with Crippen LogP contribution in [-0.4, -0.2) is 53.4 Å². The first-order valence-electron chi connectivity index (χ1n) is 11.1. The van der Waals surface area contributed by atoms with Crippen LogP contribution in [0.25, 0.3) is 5.57 Å². The highest BCUT2D eigenvalue weighted by Gasteiger charge is 2.28. The van der Waals surface area contributed by atoms with Crippen molar-refractivity contribution in [2.45, 2.75) is 39.7 Å². The number of benzene rings is 1. The summed E-state index contributed by atoms with van der Waals surface area (Å²) in [4.78, 5) is 22.9. The van der Waals surface area contributed by atoms with Crippen LogP contribution in [0.3, 0.4) is 0 Å². The molecule has 1 atom stereocenters. The fourth-order valence-corrected chi connectivity index (χ4v) is 4.63. The average Bonchev–Trinajstić information content (AvgIpc) is 3.44. The first-order chi connectivity index (χ1) is 15.5. The van der Waals surface area contributed by atoms with E-state index >= 15 is 0 Å². The molecule has 0 aliphatic carbocycles. The van der Waals surface area contributed by atoms with Gasteiger partial charge in [0.1, 0.15) is 10.8 Å². The van der Waals surface area contributed by atoms with E-state index in [1.165, 1.54) is 0 Å². The number of nitrogens with zero attached hydrogens (tertiary/aromatic N) is 3. The number of rotatable bonds is 9. The van der Waals surface area contributed by atoms with Gasteiger partial charge in [-0.05, 0) is 57.6 Å². The summed E-state index contributed by atoms with van der Waals surface area (Å²) in [5.41, 5.74) is 2.03. The van der Waals surface area contributed by atoms with Gasteiger partial charge in [-0.15, -0.1) is 11.3 Å². The smallest absolute Gasteiger partial charge is 0.227 e. The fourth-order valence-electron chi connectivity index (χ4n) is 3.59. The molecule has 1 fully saturated rings. The van der Waals surface area contributed by atoms with Crippen molar-refractivity contribution in [3.63, 3.8) is 0 Å². The molecule has 6 heteroatoms. The largest absolute Gasteiger partial charge is 0.465 e. The molecule has 3 rings (SSSR count). The lowest BCUT2D eigenvalue weighted by Gasteiger charge is -2.23. The van der Waals surface area contributed by atoms with E-state index in [1.807, 2.05) is 73.4 Å². The first kappa shape index (κ1) is 24.0. The number of amides is 1. The maximum Gasteiger partial charge on any atom is 0.227 e. The van der Waals surface area contributed by atoms with Gasteiger partial charge in [0.25, 0.3) is 0 Å². The summed E-state index contributed by atoms with van der Waals surface area (Å²) in [6.07, 6.45) is 10.9. The topological polar surface area (TPSA) is 45.7 Å². The van der Waals surface area contributed by atoms with Crippen molar-refractivity contribution in [2.75, 3.05) is 26.7 Å². The van der Waals surface area contributed by atoms with E-state index in [-0.39, 0.29) is 5.91 Å². The van der Waals surface area contributed by atoms with Gasteiger partial charge in [-0.1, -0.05) is 43.4 Å². The van der Waals surface area contributed by atoms with E-state index in [1.54, 1.807) is 17.6 Å². The zero-order valence-corrected chi connectivity index (χ0v) is 20.3. The van der Waals surface area contributed by atoms with E-state index in [4.69, 9.17) is 9.72 Å². The lowest BCUT2D eigenvalue weighted by molar-refractivity contribution is -0.129. The van der Waals surface area contributed by atoms with Gasteiger partial charge in [0.15, 0.2) is 0 Å². The molecule has 1 aromatic heterocycles. The van der Waals surface area contributed by atoms with Crippen LogP contribution in [-0.2, 0) is 11.2 Å². The lowest BCUT2D eigenvalue weighted by Crippen LogP contribution is -2.36. The van der Waals surface area contributed by atoms with Crippen molar-refractivity contribution in [1.29, 1.82) is 0 Å². The molecule has 0 saturated carbocycles. The molecule has 0 bridgehead atoms. The van der Waals surface area contributed by atoms with Gasteiger partial charge in [0.2, 0.25) is 5.91 Å². The molecule has 1 aliphatic rings. The molecule has 32 heavy (non-hydrogen) atoms. The third-order valence-corrected chi connectivity index (χ3v) is 7.07. The minimum Gasteiger partial charge on any atom is -0.465 e. The van der Waals surface area contributed by atoms with Gasteiger partial charge in [0.05, 0.1) is 18.4 Å². The summed E-state index contributed by atoms with van der Waals surface area (Å²) in [6.45, 7) is 8.90. The van der Waals surface area contributed by atoms with Crippen LogP contribution in [0.4, 0.5) is 0 Å². The van der Waals surface area contributed by atoms with E-state index in [0.717, 1.165) is 53.0 Å². The van der Waals surface area contributed by atoms with Gasteiger partial charge in [-0.3, -0.25) is 4.79 Å². The maximum absolute atomic E-state index is 12.8. The van der Waals surface area contributed by atoms with Gasteiger partial charge < -0.3 is 14.5 Å². The van der Waals surface area contributed by atoms with Crippen molar-refractivity contribution >= 4 is 22.8 Å². The predicted octanol–water partition coefficient (Wildman–Crippen LogP) is 5.10. The Morgan fingerprint density at radius 1 is 1.28 bits per heavy atom. The Balaban J connectivity index is 1.53. The Morgan fingerprint density at radius 3 is 2.81 bits per heavy atom. The van der Waals surface area contributed by atoms with Crippen molar-refractivity contribution in [3.8, 4) is 5.75 Å². The molecule has 0 radical (unpaired) electrons. The van der Waals surface area contributed by atoms with E-state index in [0.29, 0.717) is 12.5 Å². The molecule has 1 saturated heterocycles. The van der Waals surface area contributed by atoms with Crippen LogP contribution < -0.4 is 4.74 Å². The second-order valence-corrected chi connectivity index (χ2v) is 9.14. The fraction of sp³-hybridized carbons (Fsp3) is 0.385. The van der Waals surface area contributed by atoms with Gasteiger partial charge in [-0.2, -0.15) is 0 Å². The summed E-state index contributed by atoms with van der Waals surface area (Å²) >= 11 is 1.62. The molecule has 2 aromatic rings. The zero-order chi connectivity index (χ0) is 22.9. The minimum atomic E-state index is 0.209. The third kappa shape index (κ3) is 6.65. The number of likely N-dealkylation sites (tertiary alicyclic amines) is 1. The second-order valence-electron chi connectivity index (χ2n) is 8.05. The average molecular weight is 452 g/mol. The van der Waals surface area contributed by atoms with Crippen molar-refractivity contribution < 1.29 is 9.53 Å². The van der Waals surface area contributed by atoms with Crippen molar-refractivity contribution in [2.24, 2.45) is 0 Å². The van der Waals surface area contributed by atoms with Crippen LogP contribution >= 0.6 is 11.3 Å². The standard InChI is InChI=1S/C26H33N3O2S/c1-5-28(4)22-15-16-29(19-22)25(30)18-24-21(3)27-26(32-24)20(2)12-8-7-11-17-31-23-13-9-6-10-14-23/h6-14,17,22H,5,15-16,18-19H2,1-4H3/b8-7-,17-11+,20-12+. The molecule has 1 unspecified atom stereocenters. The number of allylic oxidation sites excluding steroid dienone is 5. The maximum atomic E-state index is 12.8. The van der Waals surface area contributed by atoms with E-state index in [2.05, 4.69) is 18.9 Å². The second kappa shape index (κ2) is 11.8. The van der Waals surface area contributed by atoms with Crippen LogP contribution in [0.5, 0.6) is 5.75 Å². The third-order valence-electron chi connectivity index (χ3n) is 5.77. The quantitative estimate of drug-likeness (QED) is 0.393. The number of para-hydroxylation sites is 1. The molecule has 1 amide bonds. The Kier molecular flexibility index (Phi) is 8.82. The highest BCUT2D eigenvalue weighted by molar-refractivity contribution is 7.12. The number of aromatic nitrogens is 1. The lowest BCUT2D eigenvalue weighted by atomic mass is 10.2. The van der Waals surface area contributed by atoms with Crippen LogP contribution in [0.15, 0.2) is 60.9 Å². The van der Waals surface area contributed by atoms with Crippen molar-refractivity contribution in [3.05, 3.63) is 76.5 Å². The minimum absolute atomic E-state index is 0.209. The summed E-state index contributed by atoms with van der Waals surface area (Å²) < 4.78 is 5.52. The summed E-state index contributed by atoms with van der Waals surface area (Å²) in [6, 6.07) is 10.1. The van der Waals surface area contributed by atoms with Crippen LogP contribution in [0.1, 0.15) is 35.8 Å². The SMILES string of the molecule is CCN(C)C1CCN(C(=O)Cc2sc(/C(C)=C/C=C\C=C\Oc3ccccc3)nc2C)C1. The predicted molar refractivity (Wildman–Crippen MR) is 133 cm³/mol. The molecular formula is C26H33N3O2S. The van der Waals surface area contributed by atoms with Gasteiger partial charge >= 0.3 is 0 Å². The highest BCUT2D eigenvalue weighted by atomic mass is 32.1. The number of hydrogen-bond acceptors (Lipinski definition) is 5. The first-order valence-corrected chi connectivity index (χ1v) is 12.0. The summed E-state index contributed by atoms with van der Waals surface area (Å²) in [5.74, 6) is 1.02. The Bertz CT molecular complexity index is 978. The van der Waals surface area contributed by atoms with E-state index in [9.17, 15) is 4.79 Å². The number of carbonyl (C=O) groups excluding carboxylic acids is 1. The Morgan fingerprint density at radius 2 is 2.06 bits per heavy atom. The molecule has 0 N–H and O–H groups in total. The summed E-state index contributed by atoms with van der Waals surface area (Å²) in [5, 5.41) is 0.962. The molecule has 5 nitrogen and oxygen atoms in total. The Hall–Kier alpha value is -2.70. The molecule has 0 spiro atoms. The Labute approximate surface area is 195 Å². The molecular weight excluding hydrogens is 418 g/mol. The zero-order valence-electron chi connectivity index (χ0n) is 19.5. The molecule has 1 aromatic carbocycles.